The minimum Gasteiger partial charge on any atom is -0.378 e. The molecule has 4 rings (SSSR count). The number of fused-ring (bicyclic) bond motifs is 1. The lowest BCUT2D eigenvalue weighted by Crippen LogP contribution is -2.50. The van der Waals surface area contributed by atoms with Crippen LogP contribution in [0.2, 0.25) is 0 Å². The van der Waals surface area contributed by atoms with Crippen LogP contribution in [0.15, 0.2) is 22.5 Å². The second-order valence-corrected chi connectivity index (χ2v) is 8.48. The number of carbonyl (C=O) groups excluding carboxylic acids is 1. The van der Waals surface area contributed by atoms with Gasteiger partial charge in [0.05, 0.1) is 30.0 Å². The smallest absolute Gasteiger partial charge is 0.274 e. The van der Waals surface area contributed by atoms with Crippen molar-refractivity contribution in [2.45, 2.75) is 45.7 Å². The molecule has 6 nitrogen and oxygen atoms in total. The summed E-state index contributed by atoms with van der Waals surface area (Å²) in [6.07, 6.45) is 4.27. The third-order valence-electron chi connectivity index (χ3n) is 6.39. The quantitative estimate of drug-likeness (QED) is 0.755. The van der Waals surface area contributed by atoms with E-state index >= 15 is 0 Å². The van der Waals surface area contributed by atoms with Crippen molar-refractivity contribution in [3.63, 3.8) is 0 Å². The van der Waals surface area contributed by atoms with Crippen molar-refractivity contribution in [2.24, 2.45) is 5.92 Å². The van der Waals surface area contributed by atoms with E-state index in [9.17, 15) is 9.18 Å². The Bertz CT molecular complexity index is 834. The predicted octanol–water partition coefficient (Wildman–Crippen LogP) is 3.40. The zero-order valence-electron chi connectivity index (χ0n) is 17.0. The van der Waals surface area contributed by atoms with Crippen molar-refractivity contribution in [3.8, 4) is 0 Å². The molecule has 0 atom stereocenters. The molecule has 1 aromatic rings. The number of likely N-dealkylation sites (tertiary alicyclic amines) is 1. The van der Waals surface area contributed by atoms with Gasteiger partial charge in [0.15, 0.2) is 5.69 Å². The van der Waals surface area contributed by atoms with Gasteiger partial charge in [-0.1, -0.05) is 17.7 Å². The summed E-state index contributed by atoms with van der Waals surface area (Å²) in [7, 11) is 0. The molecule has 0 aliphatic carbocycles. The molecule has 0 bridgehead atoms. The van der Waals surface area contributed by atoms with Gasteiger partial charge < -0.3 is 9.64 Å². The molecule has 0 saturated carbocycles. The SMILES string of the molecule is C/C=C(\C(Cl)=C(/C)F)C1CCN(C(=O)c2n[nH]c3c2CCN(C2COC2)C3)CC1. The Morgan fingerprint density at radius 2 is 2.03 bits per heavy atom. The molecule has 0 spiro atoms. The van der Waals surface area contributed by atoms with Crippen LogP contribution in [-0.2, 0) is 17.7 Å². The highest BCUT2D eigenvalue weighted by Gasteiger charge is 2.34. The Morgan fingerprint density at radius 1 is 1.31 bits per heavy atom. The summed E-state index contributed by atoms with van der Waals surface area (Å²) in [6.45, 7) is 7.83. The van der Waals surface area contributed by atoms with Gasteiger partial charge in [0.1, 0.15) is 5.83 Å². The second kappa shape index (κ2) is 8.58. The van der Waals surface area contributed by atoms with Crippen molar-refractivity contribution in [3.05, 3.63) is 39.5 Å². The van der Waals surface area contributed by atoms with E-state index in [0.29, 0.717) is 24.8 Å². The van der Waals surface area contributed by atoms with Gasteiger partial charge in [-0.25, -0.2) is 4.39 Å². The second-order valence-electron chi connectivity index (χ2n) is 8.10. The maximum Gasteiger partial charge on any atom is 0.274 e. The largest absolute Gasteiger partial charge is 0.378 e. The molecule has 29 heavy (non-hydrogen) atoms. The number of nitrogens with one attached hydrogen (secondary N) is 1. The molecule has 8 heteroatoms. The van der Waals surface area contributed by atoms with Gasteiger partial charge in [-0.3, -0.25) is 14.8 Å². The van der Waals surface area contributed by atoms with Gasteiger partial charge in [0.2, 0.25) is 0 Å². The number of rotatable bonds is 4. The van der Waals surface area contributed by atoms with Gasteiger partial charge in [-0.05, 0) is 44.6 Å². The minimum atomic E-state index is -0.357. The number of aromatic amines is 1. The Hall–Kier alpha value is -1.70. The number of ether oxygens (including phenoxy) is 1. The Kier molecular flexibility index (Phi) is 6.08. The van der Waals surface area contributed by atoms with Crippen LogP contribution in [0, 0.1) is 5.92 Å². The molecule has 3 aliphatic heterocycles. The van der Waals surface area contributed by atoms with E-state index in [0.717, 1.165) is 62.4 Å². The summed E-state index contributed by atoms with van der Waals surface area (Å²) >= 11 is 6.15. The number of hydrogen-bond donors (Lipinski definition) is 1. The van der Waals surface area contributed by atoms with E-state index in [1.54, 1.807) is 0 Å². The topological polar surface area (TPSA) is 61.5 Å². The lowest BCUT2D eigenvalue weighted by Gasteiger charge is -2.39. The van der Waals surface area contributed by atoms with Crippen molar-refractivity contribution < 1.29 is 13.9 Å². The fourth-order valence-corrected chi connectivity index (χ4v) is 4.81. The van der Waals surface area contributed by atoms with Gasteiger partial charge in [-0.2, -0.15) is 5.10 Å². The first-order chi connectivity index (χ1) is 14.0. The third-order valence-corrected chi connectivity index (χ3v) is 6.87. The lowest BCUT2D eigenvalue weighted by molar-refractivity contribution is -0.0698. The van der Waals surface area contributed by atoms with Gasteiger partial charge in [0, 0.05) is 31.7 Å². The molecular formula is C21H28ClFN4O2. The van der Waals surface area contributed by atoms with E-state index < -0.39 is 0 Å². The minimum absolute atomic E-state index is 0.00767. The number of halogens is 2. The zero-order valence-corrected chi connectivity index (χ0v) is 17.8. The Labute approximate surface area is 175 Å². The fourth-order valence-electron chi connectivity index (χ4n) is 4.55. The highest BCUT2D eigenvalue weighted by Crippen LogP contribution is 2.34. The molecule has 1 N–H and O–H groups in total. The number of H-pyrrole nitrogens is 1. The first kappa shape index (κ1) is 20.6. The number of aromatic nitrogens is 2. The summed E-state index contributed by atoms with van der Waals surface area (Å²) in [5, 5.41) is 7.67. The monoisotopic (exact) mass is 422 g/mol. The summed E-state index contributed by atoms with van der Waals surface area (Å²) in [6, 6.07) is 0.485. The highest BCUT2D eigenvalue weighted by atomic mass is 35.5. The molecule has 158 valence electrons. The van der Waals surface area contributed by atoms with E-state index in [-0.39, 0.29) is 22.7 Å². The van der Waals surface area contributed by atoms with Crippen molar-refractivity contribution >= 4 is 17.5 Å². The number of hydrogen-bond acceptors (Lipinski definition) is 4. The molecule has 4 heterocycles. The predicted molar refractivity (Wildman–Crippen MR) is 109 cm³/mol. The van der Waals surface area contributed by atoms with Crippen LogP contribution in [0.5, 0.6) is 0 Å². The summed E-state index contributed by atoms with van der Waals surface area (Å²) in [5.41, 5.74) is 3.51. The highest BCUT2D eigenvalue weighted by molar-refractivity contribution is 6.32. The van der Waals surface area contributed by atoms with Crippen LogP contribution < -0.4 is 0 Å². The number of allylic oxidation sites excluding steroid dienone is 4. The van der Waals surface area contributed by atoms with Crippen LogP contribution in [0.3, 0.4) is 0 Å². The molecular weight excluding hydrogens is 395 g/mol. The summed E-state index contributed by atoms with van der Waals surface area (Å²) in [4.78, 5) is 17.4. The average molecular weight is 423 g/mol. The number of carbonyl (C=O) groups is 1. The van der Waals surface area contributed by atoms with Gasteiger partial charge in [-0.15, -0.1) is 0 Å². The van der Waals surface area contributed by atoms with E-state index in [1.807, 2.05) is 17.9 Å². The van der Waals surface area contributed by atoms with E-state index in [2.05, 4.69) is 15.1 Å². The number of amides is 1. The van der Waals surface area contributed by atoms with Crippen molar-refractivity contribution in [1.29, 1.82) is 0 Å². The van der Waals surface area contributed by atoms with Crippen LogP contribution >= 0.6 is 11.6 Å². The van der Waals surface area contributed by atoms with Crippen LogP contribution in [-0.4, -0.2) is 64.8 Å². The Morgan fingerprint density at radius 3 is 2.62 bits per heavy atom. The Balaban J connectivity index is 1.40. The molecule has 0 unspecified atom stereocenters. The third kappa shape index (κ3) is 4.00. The molecule has 1 aromatic heterocycles. The van der Waals surface area contributed by atoms with Crippen LogP contribution in [0.1, 0.15) is 48.4 Å². The maximum atomic E-state index is 13.6. The lowest BCUT2D eigenvalue weighted by atomic mass is 9.88. The summed E-state index contributed by atoms with van der Waals surface area (Å²) < 4.78 is 18.9. The number of piperidine rings is 1. The standard InChI is InChI=1S/C21H28ClFN4O2/c1-3-16(19(22)13(2)23)14-4-7-26(8-5-14)21(28)20-17-6-9-27(15-11-29-12-15)10-18(17)24-25-20/h3,14-15H,4-12H2,1-2H3,(H,24,25)/b16-3-,19-13-. The first-order valence-electron chi connectivity index (χ1n) is 10.3. The first-order valence-corrected chi connectivity index (χ1v) is 10.7. The van der Waals surface area contributed by atoms with Crippen molar-refractivity contribution in [1.82, 2.24) is 20.0 Å². The van der Waals surface area contributed by atoms with E-state index in [4.69, 9.17) is 16.3 Å². The van der Waals surface area contributed by atoms with Gasteiger partial charge in [0.25, 0.3) is 5.91 Å². The molecule has 2 saturated heterocycles. The zero-order chi connectivity index (χ0) is 20.5. The van der Waals surface area contributed by atoms with Crippen molar-refractivity contribution in [2.75, 3.05) is 32.8 Å². The molecule has 1 amide bonds. The average Bonchev–Trinajstić information content (AvgIpc) is 3.10. The number of nitrogens with zero attached hydrogens (tertiary/aromatic N) is 3. The van der Waals surface area contributed by atoms with Crippen LogP contribution in [0.4, 0.5) is 4.39 Å². The van der Waals surface area contributed by atoms with Gasteiger partial charge >= 0.3 is 0 Å². The maximum absolute atomic E-state index is 13.6. The van der Waals surface area contributed by atoms with Crippen LogP contribution in [0.25, 0.3) is 0 Å². The fraction of sp³-hybridized carbons (Fsp3) is 0.619. The van der Waals surface area contributed by atoms with E-state index in [1.165, 1.54) is 6.92 Å². The molecule has 3 aliphatic rings. The molecule has 0 aromatic carbocycles. The molecule has 2 fully saturated rings. The molecule has 0 radical (unpaired) electrons. The summed E-state index contributed by atoms with van der Waals surface area (Å²) in [5.74, 6) is -0.191. The normalized spacial score (nSPS) is 22.9.